The lowest BCUT2D eigenvalue weighted by atomic mass is 10.2. The Morgan fingerprint density at radius 1 is 1.64 bits per heavy atom. The molecule has 1 heterocycles. The maximum atomic E-state index is 10.9. The van der Waals surface area contributed by atoms with Crippen molar-refractivity contribution >= 4 is 5.78 Å². The summed E-state index contributed by atoms with van der Waals surface area (Å²) in [6, 6.07) is 5.03. The maximum absolute atomic E-state index is 10.9. The number of hydrogen-bond acceptors (Lipinski definition) is 2. The molecule has 3 nitrogen and oxygen atoms in total. The van der Waals surface area contributed by atoms with Gasteiger partial charge in [-0.05, 0) is 13.0 Å². The highest BCUT2D eigenvalue weighted by molar-refractivity contribution is 5.77. The van der Waals surface area contributed by atoms with Crippen LogP contribution < -0.4 is 4.73 Å². The summed E-state index contributed by atoms with van der Waals surface area (Å²) in [5.41, 5.74) is 0.500. The summed E-state index contributed by atoms with van der Waals surface area (Å²) in [5, 5.41) is 10.9. The molecular weight excluding hydrogens is 142 g/mol. The molecule has 58 valence electrons. The number of rotatable bonds is 2. The predicted molar refractivity (Wildman–Crippen MR) is 39.8 cm³/mol. The fraction of sp³-hybridized carbons (Fsp3) is 0.250. The van der Waals surface area contributed by atoms with Gasteiger partial charge in [-0.25, -0.2) is 0 Å². The van der Waals surface area contributed by atoms with E-state index in [1.54, 1.807) is 18.2 Å². The van der Waals surface area contributed by atoms with E-state index in [1.165, 1.54) is 13.1 Å². The van der Waals surface area contributed by atoms with Crippen LogP contribution in [0.5, 0.6) is 0 Å². The van der Waals surface area contributed by atoms with Gasteiger partial charge in [0, 0.05) is 12.1 Å². The van der Waals surface area contributed by atoms with E-state index in [2.05, 4.69) is 0 Å². The number of nitrogens with zero attached hydrogens (tertiary/aromatic N) is 1. The lowest BCUT2D eigenvalue weighted by Crippen LogP contribution is -2.31. The minimum Gasteiger partial charge on any atom is -0.618 e. The van der Waals surface area contributed by atoms with Crippen LogP contribution in [-0.4, -0.2) is 5.78 Å². The number of Topliss-reactive ketones (excluding diaryl/α,β-unsaturated/α-hetero) is 1. The van der Waals surface area contributed by atoms with Crippen LogP contribution >= 0.6 is 0 Å². The molecule has 11 heavy (non-hydrogen) atoms. The Bertz CT molecular complexity index is 271. The molecule has 0 aromatic carbocycles. The first-order chi connectivity index (χ1) is 5.20. The molecule has 0 saturated heterocycles. The van der Waals surface area contributed by atoms with Gasteiger partial charge in [0.1, 0.15) is 5.78 Å². The number of carbonyl (C=O) groups excluding carboxylic acids is 1. The van der Waals surface area contributed by atoms with Crippen molar-refractivity contribution in [1.82, 2.24) is 0 Å². The van der Waals surface area contributed by atoms with E-state index in [0.29, 0.717) is 10.4 Å². The molecule has 0 aliphatic rings. The summed E-state index contributed by atoms with van der Waals surface area (Å²) < 4.78 is 0.710. The highest BCUT2D eigenvalue weighted by atomic mass is 16.5. The standard InChI is InChI=1S/C8H9NO2/c1-7(10)6-8-4-2-3-5-9(8)11/h2-5H,6H2,1H3. The number of aromatic nitrogens is 1. The molecule has 1 aromatic rings. The third-order valence-electron chi connectivity index (χ3n) is 1.33. The Balaban J connectivity index is 2.86. The molecule has 0 amide bonds. The molecule has 0 unspecified atom stereocenters. The van der Waals surface area contributed by atoms with Crippen LogP contribution in [0.4, 0.5) is 0 Å². The van der Waals surface area contributed by atoms with Crippen LogP contribution in [0.25, 0.3) is 0 Å². The zero-order chi connectivity index (χ0) is 8.27. The Morgan fingerprint density at radius 3 is 2.91 bits per heavy atom. The van der Waals surface area contributed by atoms with E-state index in [4.69, 9.17) is 0 Å². The van der Waals surface area contributed by atoms with Crippen LogP contribution in [0.2, 0.25) is 0 Å². The normalized spacial score (nSPS) is 9.55. The minimum atomic E-state index is 0.000741. The van der Waals surface area contributed by atoms with Crippen molar-refractivity contribution in [3.8, 4) is 0 Å². The van der Waals surface area contributed by atoms with Crippen LogP contribution in [0, 0.1) is 5.21 Å². The Kier molecular flexibility index (Phi) is 2.21. The Hall–Kier alpha value is -1.38. The van der Waals surface area contributed by atoms with Crippen molar-refractivity contribution < 1.29 is 9.52 Å². The van der Waals surface area contributed by atoms with Gasteiger partial charge < -0.3 is 5.21 Å². The molecule has 0 bridgehead atoms. The van der Waals surface area contributed by atoms with Crippen LogP contribution in [0.3, 0.4) is 0 Å². The summed E-state index contributed by atoms with van der Waals surface area (Å²) in [7, 11) is 0. The number of ketones is 1. The monoisotopic (exact) mass is 151 g/mol. The lowest BCUT2D eigenvalue weighted by molar-refractivity contribution is -0.613. The molecule has 0 aliphatic carbocycles. The van der Waals surface area contributed by atoms with Crippen LogP contribution in [0.15, 0.2) is 24.4 Å². The first-order valence-electron chi connectivity index (χ1n) is 3.36. The van der Waals surface area contributed by atoms with Crippen molar-refractivity contribution in [2.75, 3.05) is 0 Å². The zero-order valence-electron chi connectivity index (χ0n) is 6.28. The van der Waals surface area contributed by atoms with E-state index < -0.39 is 0 Å². The fourth-order valence-electron chi connectivity index (χ4n) is 0.856. The highest BCUT2D eigenvalue weighted by Crippen LogP contribution is 1.92. The van der Waals surface area contributed by atoms with Gasteiger partial charge in [-0.15, -0.1) is 0 Å². The third-order valence-corrected chi connectivity index (χ3v) is 1.33. The number of pyridine rings is 1. The van der Waals surface area contributed by atoms with Gasteiger partial charge in [0.25, 0.3) is 0 Å². The topological polar surface area (TPSA) is 44.0 Å². The van der Waals surface area contributed by atoms with E-state index in [0.717, 1.165) is 0 Å². The molecule has 0 fully saturated rings. The summed E-state index contributed by atoms with van der Waals surface area (Å²) in [4.78, 5) is 10.6. The molecule has 0 radical (unpaired) electrons. The largest absolute Gasteiger partial charge is 0.618 e. The highest BCUT2D eigenvalue weighted by Gasteiger charge is 2.05. The van der Waals surface area contributed by atoms with Gasteiger partial charge in [0.15, 0.2) is 11.9 Å². The molecule has 1 rings (SSSR count). The molecule has 3 heteroatoms. The Labute approximate surface area is 64.9 Å². The summed E-state index contributed by atoms with van der Waals surface area (Å²) in [5.74, 6) is 0.000741. The summed E-state index contributed by atoms with van der Waals surface area (Å²) >= 11 is 0. The molecule has 0 N–H and O–H groups in total. The van der Waals surface area contributed by atoms with Gasteiger partial charge >= 0.3 is 0 Å². The third kappa shape index (κ3) is 2.04. The lowest BCUT2D eigenvalue weighted by Gasteiger charge is -2.00. The second-order valence-electron chi connectivity index (χ2n) is 2.40. The van der Waals surface area contributed by atoms with E-state index >= 15 is 0 Å². The van der Waals surface area contributed by atoms with Gasteiger partial charge in [-0.3, -0.25) is 4.79 Å². The van der Waals surface area contributed by atoms with Gasteiger partial charge in [0.2, 0.25) is 0 Å². The van der Waals surface area contributed by atoms with E-state index in [1.807, 2.05) is 0 Å². The van der Waals surface area contributed by atoms with Gasteiger partial charge in [-0.1, -0.05) is 0 Å². The average Bonchev–Trinajstić information content (AvgIpc) is 1.93. The second-order valence-corrected chi connectivity index (χ2v) is 2.40. The first-order valence-corrected chi connectivity index (χ1v) is 3.36. The van der Waals surface area contributed by atoms with Gasteiger partial charge in [0.05, 0.1) is 6.42 Å². The maximum Gasteiger partial charge on any atom is 0.200 e. The minimum absolute atomic E-state index is 0.000741. The second kappa shape index (κ2) is 3.14. The summed E-state index contributed by atoms with van der Waals surface area (Å²) in [6.45, 7) is 1.47. The molecule has 0 aliphatic heterocycles. The van der Waals surface area contributed by atoms with Crippen molar-refractivity contribution in [2.24, 2.45) is 0 Å². The average molecular weight is 151 g/mol. The van der Waals surface area contributed by atoms with Crippen molar-refractivity contribution in [2.45, 2.75) is 13.3 Å². The zero-order valence-corrected chi connectivity index (χ0v) is 6.28. The molecule has 0 saturated carbocycles. The SMILES string of the molecule is CC(=O)Cc1cccc[n+]1[O-]. The van der Waals surface area contributed by atoms with Crippen molar-refractivity contribution in [3.05, 3.63) is 35.3 Å². The van der Waals surface area contributed by atoms with E-state index in [9.17, 15) is 10.0 Å². The fourth-order valence-corrected chi connectivity index (χ4v) is 0.856. The van der Waals surface area contributed by atoms with Crippen molar-refractivity contribution in [1.29, 1.82) is 0 Å². The number of hydrogen-bond donors (Lipinski definition) is 0. The molecular formula is C8H9NO2. The number of carbonyl (C=O) groups is 1. The quantitative estimate of drug-likeness (QED) is 0.455. The Morgan fingerprint density at radius 2 is 2.36 bits per heavy atom. The van der Waals surface area contributed by atoms with Crippen LogP contribution in [-0.2, 0) is 11.2 Å². The predicted octanol–water partition coefficient (Wildman–Crippen LogP) is 0.452. The first kappa shape index (κ1) is 7.72. The molecule has 0 spiro atoms. The van der Waals surface area contributed by atoms with Crippen LogP contribution in [0.1, 0.15) is 12.6 Å². The van der Waals surface area contributed by atoms with E-state index in [-0.39, 0.29) is 12.2 Å². The summed E-state index contributed by atoms with van der Waals surface area (Å²) in [6.07, 6.45) is 1.60. The van der Waals surface area contributed by atoms with Crippen molar-refractivity contribution in [3.63, 3.8) is 0 Å². The van der Waals surface area contributed by atoms with Gasteiger partial charge in [-0.2, -0.15) is 4.73 Å². The molecule has 1 aromatic heterocycles. The smallest absolute Gasteiger partial charge is 0.200 e. The molecule has 0 atom stereocenters.